The molecule has 10 heteroatoms. The molecular formula is C15H13N3O5S2. The number of nitrogens with two attached hydrogens (primary N) is 1. The smallest absolute Gasteiger partial charge is 0.298 e. The van der Waals surface area contributed by atoms with Gasteiger partial charge in [0.2, 0.25) is 10.0 Å². The van der Waals surface area contributed by atoms with Crippen molar-refractivity contribution in [3.8, 4) is 0 Å². The Morgan fingerprint density at radius 3 is 2.20 bits per heavy atom. The number of para-hydroxylation sites is 1. The molecule has 130 valence electrons. The molecule has 3 aromatic rings. The molecule has 8 nitrogen and oxygen atoms in total. The fraction of sp³-hybridized carbons (Fsp3) is 0. The molecule has 0 bridgehead atoms. The Kier molecular flexibility index (Phi) is 4.21. The third-order valence-electron chi connectivity index (χ3n) is 3.47. The second-order valence-corrected chi connectivity index (χ2v) is 8.14. The van der Waals surface area contributed by atoms with Crippen molar-refractivity contribution in [3.05, 3.63) is 54.7 Å². The summed E-state index contributed by atoms with van der Waals surface area (Å²) in [5.41, 5.74) is 1.07. The van der Waals surface area contributed by atoms with Crippen molar-refractivity contribution in [2.45, 2.75) is 9.79 Å². The minimum absolute atomic E-state index is 0.0763. The van der Waals surface area contributed by atoms with Crippen LogP contribution in [0.2, 0.25) is 0 Å². The first-order valence-corrected chi connectivity index (χ1v) is 9.90. The number of benzene rings is 2. The first-order chi connectivity index (χ1) is 11.7. The van der Waals surface area contributed by atoms with Crippen molar-refractivity contribution in [3.63, 3.8) is 0 Å². The number of primary sulfonamides is 1. The molecule has 0 unspecified atom stereocenters. The molecule has 0 spiro atoms. The van der Waals surface area contributed by atoms with Gasteiger partial charge >= 0.3 is 0 Å². The summed E-state index contributed by atoms with van der Waals surface area (Å²) in [5, 5.41) is 8.41. The van der Waals surface area contributed by atoms with Gasteiger partial charge in [-0.3, -0.25) is 9.54 Å². The maximum absolute atomic E-state index is 11.7. The molecule has 1 heterocycles. The number of fused-ring (bicyclic) bond motifs is 1. The standard InChI is InChI=1S/C15H13N3O5S2/c16-24(19,20)11-7-5-10(6-8-11)18-15-12-3-1-2-4-13(12)17-9-14(15)25(21,22)23/h1-9H,(H,17,18)(H2,16,19,20)(H,21,22,23). The molecule has 3 rings (SSSR count). The fourth-order valence-electron chi connectivity index (χ4n) is 2.32. The third kappa shape index (κ3) is 3.61. The Bertz CT molecular complexity index is 1160. The number of anilines is 2. The molecule has 0 aliphatic carbocycles. The summed E-state index contributed by atoms with van der Waals surface area (Å²) in [6, 6.07) is 12.2. The molecule has 0 fully saturated rings. The van der Waals surface area contributed by atoms with Gasteiger partial charge in [0.25, 0.3) is 10.1 Å². The van der Waals surface area contributed by atoms with Gasteiger partial charge in [0.15, 0.2) is 0 Å². The summed E-state index contributed by atoms with van der Waals surface area (Å²) in [5.74, 6) is 0. The lowest BCUT2D eigenvalue weighted by molar-refractivity contribution is 0.483. The quantitative estimate of drug-likeness (QED) is 0.588. The molecule has 0 saturated heterocycles. The predicted molar refractivity (Wildman–Crippen MR) is 92.7 cm³/mol. The Morgan fingerprint density at radius 2 is 1.60 bits per heavy atom. The number of hydrogen-bond donors (Lipinski definition) is 3. The van der Waals surface area contributed by atoms with Crippen LogP contribution in [0.1, 0.15) is 0 Å². The van der Waals surface area contributed by atoms with Gasteiger partial charge in [0.05, 0.1) is 22.3 Å². The van der Waals surface area contributed by atoms with Gasteiger partial charge in [-0.25, -0.2) is 13.6 Å². The highest BCUT2D eigenvalue weighted by Crippen LogP contribution is 2.31. The minimum atomic E-state index is -4.52. The van der Waals surface area contributed by atoms with Crippen LogP contribution in [0.5, 0.6) is 0 Å². The van der Waals surface area contributed by atoms with Crippen LogP contribution in [-0.4, -0.2) is 26.4 Å². The average molecular weight is 379 g/mol. The number of nitrogens with one attached hydrogen (secondary N) is 1. The van der Waals surface area contributed by atoms with Crippen LogP contribution in [-0.2, 0) is 20.1 Å². The molecular weight excluding hydrogens is 366 g/mol. The summed E-state index contributed by atoms with van der Waals surface area (Å²) < 4.78 is 55.4. The Labute approximate surface area is 144 Å². The third-order valence-corrected chi connectivity index (χ3v) is 5.27. The van der Waals surface area contributed by atoms with Crippen molar-refractivity contribution in [1.82, 2.24) is 4.98 Å². The first-order valence-electron chi connectivity index (χ1n) is 6.91. The van der Waals surface area contributed by atoms with Gasteiger partial charge < -0.3 is 5.32 Å². The van der Waals surface area contributed by atoms with E-state index in [1.807, 2.05) is 0 Å². The molecule has 0 aliphatic heterocycles. The van der Waals surface area contributed by atoms with E-state index in [0.717, 1.165) is 6.20 Å². The summed E-state index contributed by atoms with van der Waals surface area (Å²) in [6.07, 6.45) is 1.05. The van der Waals surface area contributed by atoms with Crippen molar-refractivity contribution in [1.29, 1.82) is 0 Å². The van der Waals surface area contributed by atoms with E-state index in [9.17, 15) is 21.4 Å². The van der Waals surface area contributed by atoms with Gasteiger partial charge in [-0.2, -0.15) is 8.42 Å². The Hall–Kier alpha value is -2.53. The number of hydrogen-bond acceptors (Lipinski definition) is 6. The number of nitrogens with zero attached hydrogens (tertiary/aromatic N) is 1. The van der Waals surface area contributed by atoms with Gasteiger partial charge in [0.1, 0.15) is 4.90 Å². The van der Waals surface area contributed by atoms with Crippen LogP contribution in [0.4, 0.5) is 11.4 Å². The van der Waals surface area contributed by atoms with E-state index in [0.29, 0.717) is 16.6 Å². The van der Waals surface area contributed by atoms with E-state index in [1.165, 1.54) is 24.3 Å². The molecule has 0 radical (unpaired) electrons. The van der Waals surface area contributed by atoms with Gasteiger partial charge in [-0.05, 0) is 30.3 Å². The lowest BCUT2D eigenvalue weighted by Gasteiger charge is -2.13. The van der Waals surface area contributed by atoms with E-state index in [-0.39, 0.29) is 15.5 Å². The second-order valence-electron chi connectivity index (χ2n) is 5.18. The number of pyridine rings is 1. The molecule has 4 N–H and O–H groups in total. The predicted octanol–water partition coefficient (Wildman–Crippen LogP) is 1.87. The van der Waals surface area contributed by atoms with E-state index >= 15 is 0 Å². The topological polar surface area (TPSA) is 139 Å². The monoisotopic (exact) mass is 379 g/mol. The Balaban J connectivity index is 2.14. The zero-order valence-corrected chi connectivity index (χ0v) is 14.3. The van der Waals surface area contributed by atoms with Gasteiger partial charge in [0, 0.05) is 11.1 Å². The second kappa shape index (κ2) is 6.08. The van der Waals surface area contributed by atoms with E-state index < -0.39 is 20.1 Å². The summed E-state index contributed by atoms with van der Waals surface area (Å²) >= 11 is 0. The summed E-state index contributed by atoms with van der Waals surface area (Å²) in [6.45, 7) is 0. The van der Waals surface area contributed by atoms with Crippen molar-refractivity contribution >= 4 is 42.4 Å². The van der Waals surface area contributed by atoms with E-state index in [1.54, 1.807) is 24.3 Å². The van der Waals surface area contributed by atoms with Gasteiger partial charge in [-0.15, -0.1) is 0 Å². The molecule has 25 heavy (non-hydrogen) atoms. The lowest BCUT2D eigenvalue weighted by Crippen LogP contribution is -2.12. The van der Waals surface area contributed by atoms with E-state index in [2.05, 4.69) is 10.3 Å². The number of rotatable bonds is 4. The summed E-state index contributed by atoms with van der Waals surface area (Å²) in [4.78, 5) is 3.56. The molecule has 0 amide bonds. The summed E-state index contributed by atoms with van der Waals surface area (Å²) in [7, 11) is -8.35. The van der Waals surface area contributed by atoms with Gasteiger partial charge in [-0.1, -0.05) is 18.2 Å². The van der Waals surface area contributed by atoms with Crippen LogP contribution in [0.25, 0.3) is 10.9 Å². The number of aromatic nitrogens is 1. The zero-order chi connectivity index (χ0) is 18.2. The molecule has 1 aromatic heterocycles. The molecule has 2 aromatic carbocycles. The molecule has 0 atom stereocenters. The fourth-order valence-corrected chi connectivity index (χ4v) is 3.44. The van der Waals surface area contributed by atoms with Crippen LogP contribution >= 0.6 is 0 Å². The van der Waals surface area contributed by atoms with Crippen molar-refractivity contribution < 1.29 is 21.4 Å². The maximum Gasteiger partial charge on any atom is 0.298 e. The Morgan fingerprint density at radius 1 is 0.960 bits per heavy atom. The average Bonchev–Trinajstić information content (AvgIpc) is 2.53. The largest absolute Gasteiger partial charge is 0.354 e. The normalized spacial score (nSPS) is 12.2. The maximum atomic E-state index is 11.7. The highest BCUT2D eigenvalue weighted by molar-refractivity contribution is 7.89. The van der Waals surface area contributed by atoms with E-state index in [4.69, 9.17) is 5.14 Å². The van der Waals surface area contributed by atoms with Crippen molar-refractivity contribution in [2.24, 2.45) is 5.14 Å². The van der Waals surface area contributed by atoms with Crippen molar-refractivity contribution in [2.75, 3.05) is 5.32 Å². The van der Waals surface area contributed by atoms with Crippen LogP contribution in [0.3, 0.4) is 0 Å². The SMILES string of the molecule is NS(=O)(=O)c1ccc(Nc2c(S(=O)(=O)O)cnc3ccccc23)cc1. The highest BCUT2D eigenvalue weighted by Gasteiger charge is 2.19. The minimum Gasteiger partial charge on any atom is -0.354 e. The van der Waals surface area contributed by atoms with Crippen LogP contribution in [0.15, 0.2) is 64.5 Å². The first kappa shape index (κ1) is 17.3. The van der Waals surface area contributed by atoms with Crippen LogP contribution < -0.4 is 10.5 Å². The lowest BCUT2D eigenvalue weighted by atomic mass is 10.2. The zero-order valence-electron chi connectivity index (χ0n) is 12.6. The highest BCUT2D eigenvalue weighted by atomic mass is 32.2. The van der Waals surface area contributed by atoms with Crippen LogP contribution in [0, 0.1) is 0 Å². The molecule has 0 aliphatic rings. The molecule has 0 saturated carbocycles. The number of sulfonamides is 1.